The Morgan fingerprint density at radius 1 is 1.56 bits per heavy atom. The van der Waals surface area contributed by atoms with Crippen LogP contribution in [0.15, 0.2) is 24.5 Å². The number of nitrogens with zero attached hydrogens (tertiary/aromatic N) is 2. The first kappa shape index (κ1) is 11.5. The van der Waals surface area contributed by atoms with Crippen molar-refractivity contribution in [2.24, 2.45) is 0 Å². The molecule has 2 aromatic rings. The Morgan fingerprint density at radius 3 is 2.94 bits per heavy atom. The molecule has 0 bridgehead atoms. The molecular formula is C11H14ClN3S. The standard InChI is InChI=1S/C11H14ClN3S/c1-3-15-7-9(6-13-15)14-8(2)10-4-5-11(12)16-10/h4-8,14H,3H2,1-2H3. The van der Waals surface area contributed by atoms with Crippen molar-refractivity contribution in [3.63, 3.8) is 0 Å². The van der Waals surface area contributed by atoms with Crippen LogP contribution < -0.4 is 5.32 Å². The van der Waals surface area contributed by atoms with E-state index in [9.17, 15) is 0 Å². The van der Waals surface area contributed by atoms with Gasteiger partial charge in [0.2, 0.25) is 0 Å². The van der Waals surface area contributed by atoms with Crippen molar-refractivity contribution >= 4 is 28.6 Å². The van der Waals surface area contributed by atoms with E-state index >= 15 is 0 Å². The lowest BCUT2D eigenvalue weighted by Crippen LogP contribution is -2.03. The number of halogens is 1. The molecule has 0 aliphatic rings. The highest BCUT2D eigenvalue weighted by Crippen LogP contribution is 2.28. The van der Waals surface area contributed by atoms with Crippen molar-refractivity contribution in [3.8, 4) is 0 Å². The van der Waals surface area contributed by atoms with E-state index in [4.69, 9.17) is 11.6 Å². The zero-order valence-electron chi connectivity index (χ0n) is 9.27. The normalized spacial score (nSPS) is 12.7. The number of thiophene rings is 1. The monoisotopic (exact) mass is 255 g/mol. The van der Waals surface area contributed by atoms with Crippen LogP contribution >= 0.6 is 22.9 Å². The summed E-state index contributed by atoms with van der Waals surface area (Å²) in [5.74, 6) is 0. The molecule has 2 aromatic heterocycles. The lowest BCUT2D eigenvalue weighted by Gasteiger charge is -2.11. The van der Waals surface area contributed by atoms with Gasteiger partial charge in [-0.3, -0.25) is 4.68 Å². The van der Waals surface area contributed by atoms with E-state index in [0.29, 0.717) is 0 Å². The molecular weight excluding hydrogens is 242 g/mol. The molecule has 1 unspecified atom stereocenters. The van der Waals surface area contributed by atoms with Crippen LogP contribution in [0.2, 0.25) is 4.34 Å². The van der Waals surface area contributed by atoms with Crippen LogP contribution in [-0.4, -0.2) is 9.78 Å². The van der Waals surface area contributed by atoms with Crippen LogP contribution in [-0.2, 0) is 6.54 Å². The van der Waals surface area contributed by atoms with E-state index in [1.54, 1.807) is 11.3 Å². The Hall–Kier alpha value is -1.00. The summed E-state index contributed by atoms with van der Waals surface area (Å²) in [6.45, 7) is 5.07. The van der Waals surface area contributed by atoms with Gasteiger partial charge in [-0.15, -0.1) is 11.3 Å². The summed E-state index contributed by atoms with van der Waals surface area (Å²) in [6, 6.07) is 4.23. The van der Waals surface area contributed by atoms with Gasteiger partial charge in [0, 0.05) is 17.6 Å². The molecule has 0 amide bonds. The first-order valence-corrected chi connectivity index (χ1v) is 6.42. The molecule has 2 heterocycles. The number of aromatic nitrogens is 2. The largest absolute Gasteiger partial charge is 0.375 e. The van der Waals surface area contributed by atoms with Crippen molar-refractivity contribution in [1.29, 1.82) is 0 Å². The molecule has 0 radical (unpaired) electrons. The lowest BCUT2D eigenvalue weighted by atomic mass is 10.3. The SMILES string of the molecule is CCn1cc(NC(C)c2ccc(Cl)s2)cn1. The summed E-state index contributed by atoms with van der Waals surface area (Å²) < 4.78 is 2.73. The van der Waals surface area contributed by atoms with Crippen LogP contribution in [0, 0.1) is 0 Å². The molecule has 0 spiro atoms. The summed E-state index contributed by atoms with van der Waals surface area (Å²) in [5, 5.41) is 7.61. The quantitative estimate of drug-likeness (QED) is 0.901. The second kappa shape index (κ2) is 4.89. The smallest absolute Gasteiger partial charge is 0.0932 e. The van der Waals surface area contributed by atoms with Gasteiger partial charge in [0.1, 0.15) is 0 Å². The fourth-order valence-electron chi connectivity index (χ4n) is 1.49. The zero-order valence-corrected chi connectivity index (χ0v) is 10.8. The molecule has 16 heavy (non-hydrogen) atoms. The Labute approximate surface area is 104 Å². The second-order valence-electron chi connectivity index (χ2n) is 3.59. The Balaban J connectivity index is 2.04. The lowest BCUT2D eigenvalue weighted by molar-refractivity contribution is 0.660. The van der Waals surface area contributed by atoms with E-state index in [-0.39, 0.29) is 6.04 Å². The fourth-order valence-corrected chi connectivity index (χ4v) is 2.56. The van der Waals surface area contributed by atoms with Crippen molar-refractivity contribution in [3.05, 3.63) is 33.7 Å². The molecule has 0 fully saturated rings. The van der Waals surface area contributed by atoms with Crippen LogP contribution in [0.4, 0.5) is 5.69 Å². The predicted octanol–water partition coefficient (Wildman–Crippen LogP) is 3.79. The first-order valence-electron chi connectivity index (χ1n) is 5.23. The number of hydrogen-bond acceptors (Lipinski definition) is 3. The van der Waals surface area contributed by atoms with Gasteiger partial charge >= 0.3 is 0 Å². The molecule has 5 heteroatoms. The molecule has 3 nitrogen and oxygen atoms in total. The number of nitrogens with one attached hydrogen (secondary N) is 1. The van der Waals surface area contributed by atoms with Crippen molar-refractivity contribution in [2.75, 3.05) is 5.32 Å². The number of hydrogen-bond donors (Lipinski definition) is 1. The molecule has 0 aromatic carbocycles. The van der Waals surface area contributed by atoms with Crippen LogP contribution in [0.3, 0.4) is 0 Å². The topological polar surface area (TPSA) is 29.9 Å². The molecule has 1 N–H and O–H groups in total. The van der Waals surface area contributed by atoms with Gasteiger partial charge in [0.05, 0.1) is 22.3 Å². The minimum Gasteiger partial charge on any atom is -0.375 e. The first-order chi connectivity index (χ1) is 7.69. The van der Waals surface area contributed by atoms with Gasteiger partial charge in [-0.25, -0.2) is 0 Å². The summed E-state index contributed by atoms with van der Waals surface area (Å²) in [6.07, 6.45) is 3.85. The van der Waals surface area contributed by atoms with Crippen molar-refractivity contribution in [1.82, 2.24) is 9.78 Å². The number of rotatable bonds is 4. The fraction of sp³-hybridized carbons (Fsp3) is 0.364. The Kier molecular flexibility index (Phi) is 3.51. The summed E-state index contributed by atoms with van der Waals surface area (Å²) in [4.78, 5) is 1.23. The third-order valence-electron chi connectivity index (χ3n) is 2.36. The van der Waals surface area contributed by atoms with E-state index in [2.05, 4.69) is 30.3 Å². The Bertz CT molecular complexity index is 463. The van der Waals surface area contributed by atoms with Crippen LogP contribution in [0.25, 0.3) is 0 Å². The van der Waals surface area contributed by atoms with Gasteiger partial charge in [-0.05, 0) is 26.0 Å². The maximum Gasteiger partial charge on any atom is 0.0932 e. The van der Waals surface area contributed by atoms with Crippen LogP contribution in [0.5, 0.6) is 0 Å². The van der Waals surface area contributed by atoms with Gasteiger partial charge in [0.25, 0.3) is 0 Å². The van der Waals surface area contributed by atoms with E-state index in [0.717, 1.165) is 16.6 Å². The number of anilines is 1. The highest BCUT2D eigenvalue weighted by atomic mass is 35.5. The van der Waals surface area contributed by atoms with Gasteiger partial charge in [-0.2, -0.15) is 5.10 Å². The highest BCUT2D eigenvalue weighted by Gasteiger charge is 2.08. The molecule has 0 aliphatic carbocycles. The molecule has 0 aliphatic heterocycles. The van der Waals surface area contributed by atoms with E-state index in [1.165, 1.54) is 4.88 Å². The average Bonchev–Trinajstić information content (AvgIpc) is 2.87. The van der Waals surface area contributed by atoms with Crippen molar-refractivity contribution in [2.45, 2.75) is 26.4 Å². The minimum absolute atomic E-state index is 0.256. The number of aryl methyl sites for hydroxylation is 1. The third-order valence-corrected chi connectivity index (χ3v) is 3.78. The molecule has 0 saturated heterocycles. The molecule has 1 atom stereocenters. The van der Waals surface area contributed by atoms with E-state index in [1.807, 2.05) is 23.1 Å². The van der Waals surface area contributed by atoms with Gasteiger partial charge in [0.15, 0.2) is 0 Å². The van der Waals surface area contributed by atoms with Crippen molar-refractivity contribution < 1.29 is 0 Å². The zero-order chi connectivity index (χ0) is 11.5. The minimum atomic E-state index is 0.256. The van der Waals surface area contributed by atoms with Crippen LogP contribution in [0.1, 0.15) is 24.8 Å². The summed E-state index contributed by atoms with van der Waals surface area (Å²) >= 11 is 7.51. The van der Waals surface area contributed by atoms with E-state index < -0.39 is 0 Å². The maximum atomic E-state index is 5.91. The summed E-state index contributed by atoms with van der Waals surface area (Å²) in [7, 11) is 0. The third kappa shape index (κ3) is 2.57. The summed E-state index contributed by atoms with van der Waals surface area (Å²) in [5.41, 5.74) is 1.04. The Morgan fingerprint density at radius 2 is 2.38 bits per heavy atom. The van der Waals surface area contributed by atoms with Gasteiger partial charge in [-0.1, -0.05) is 11.6 Å². The predicted molar refractivity (Wildman–Crippen MR) is 69.3 cm³/mol. The molecule has 2 rings (SSSR count). The maximum absolute atomic E-state index is 5.91. The molecule has 86 valence electrons. The average molecular weight is 256 g/mol. The highest BCUT2D eigenvalue weighted by molar-refractivity contribution is 7.16. The van der Waals surface area contributed by atoms with Gasteiger partial charge < -0.3 is 5.32 Å². The molecule has 0 saturated carbocycles. The second-order valence-corrected chi connectivity index (χ2v) is 5.34.